The Kier molecular flexibility index (Phi) is 11.5. The molecular weight excluding hydrogens is 303 g/mol. The Hall–Kier alpha value is 0.240. The van der Waals surface area contributed by atoms with Crippen LogP contribution in [0.2, 0.25) is 0 Å². The Morgan fingerprint density at radius 1 is 1.25 bits per heavy atom. The molecule has 0 aliphatic heterocycles. The van der Waals surface area contributed by atoms with Crippen LogP contribution in [0.25, 0.3) is 0 Å². The fourth-order valence-corrected chi connectivity index (χ4v) is 0.662. The third-order valence-electron chi connectivity index (χ3n) is 1.17. The molecule has 3 heteroatoms. The molecule has 0 fully saturated rings. The zero-order chi connectivity index (χ0) is 8.69. The van der Waals surface area contributed by atoms with E-state index in [1.54, 1.807) is 0 Å². The molecule has 0 bridgehead atoms. The third-order valence-corrected chi connectivity index (χ3v) is 1.17. The van der Waals surface area contributed by atoms with Crippen LogP contribution in [-0.4, -0.2) is 26.3 Å². The summed E-state index contributed by atoms with van der Waals surface area (Å²) in [6.07, 6.45) is 0. The summed E-state index contributed by atoms with van der Waals surface area (Å²) in [6.45, 7) is 0. The smallest absolute Gasteiger partial charge is 0.0319 e. The number of benzene rings is 1. The van der Waals surface area contributed by atoms with Crippen molar-refractivity contribution in [2.75, 3.05) is 26.1 Å². The largest absolute Gasteiger partial charge is 0.400 e. The van der Waals surface area contributed by atoms with Crippen molar-refractivity contribution in [1.29, 1.82) is 0 Å². The number of hydrogen-bond donors (Lipinski definition) is 1. The maximum Gasteiger partial charge on any atom is 0.0319 e. The van der Waals surface area contributed by atoms with Crippen molar-refractivity contribution >= 4 is 5.69 Å². The maximum absolute atomic E-state index is 7.00. The van der Waals surface area contributed by atoms with Crippen LogP contribution in [0.5, 0.6) is 0 Å². The van der Waals surface area contributed by atoms with Crippen LogP contribution >= 0.6 is 0 Å². The normalized spacial score (nSPS) is 7.33. The summed E-state index contributed by atoms with van der Waals surface area (Å²) in [4.78, 5) is 2.03. The molecule has 0 saturated carbocycles. The van der Waals surface area contributed by atoms with E-state index < -0.39 is 0 Å². The number of aliphatic hydroxyl groups excluding tert-OH is 1. The topological polar surface area (TPSA) is 23.5 Å². The quantitative estimate of drug-likeness (QED) is 0.621. The second-order valence-electron chi connectivity index (χ2n) is 2.14. The van der Waals surface area contributed by atoms with Gasteiger partial charge in [0.1, 0.15) is 0 Å². The molecule has 1 radical (unpaired) electrons. The molecule has 0 aromatic heterocycles. The third kappa shape index (κ3) is 5.84. The number of hydrogen-bond acceptors (Lipinski definition) is 2. The first-order valence-corrected chi connectivity index (χ1v) is 3.39. The maximum atomic E-state index is 7.00. The fourth-order valence-electron chi connectivity index (χ4n) is 0.662. The zero-order valence-corrected chi connectivity index (χ0v) is 9.44. The van der Waals surface area contributed by atoms with Gasteiger partial charge in [-0.2, -0.15) is 24.3 Å². The van der Waals surface area contributed by atoms with Crippen LogP contribution in [0.4, 0.5) is 5.69 Å². The average Bonchev–Trinajstić information content (AvgIpc) is 2.10. The van der Waals surface area contributed by atoms with E-state index in [4.69, 9.17) is 5.11 Å². The molecule has 1 N–H and O–H groups in total. The standard InChI is InChI=1S/C8H10N.CH4O.Ho/c1-9(2)8-6-4-3-5-7-8;1-2;/h3-6H,1-2H3;2H,1H3;/q-1;;. The van der Waals surface area contributed by atoms with Gasteiger partial charge in [-0.15, -0.1) is 6.07 Å². The first-order chi connectivity index (χ1) is 5.30. The number of para-hydroxylation sites is 1. The predicted molar refractivity (Wildman–Crippen MR) is 47.7 cm³/mol. The molecule has 0 atom stereocenters. The number of anilines is 1. The molecular formula is C9H14HoNO-. The van der Waals surface area contributed by atoms with Gasteiger partial charge >= 0.3 is 0 Å². The summed E-state index contributed by atoms with van der Waals surface area (Å²) in [6, 6.07) is 11.0. The van der Waals surface area contributed by atoms with Gasteiger partial charge in [0, 0.05) is 58.9 Å². The zero-order valence-electron chi connectivity index (χ0n) is 7.51. The van der Waals surface area contributed by atoms with E-state index in [9.17, 15) is 0 Å². The Balaban J connectivity index is 0. The predicted octanol–water partition coefficient (Wildman–Crippen LogP) is 1.16. The van der Waals surface area contributed by atoms with Crippen molar-refractivity contribution in [3.8, 4) is 0 Å². The van der Waals surface area contributed by atoms with Crippen molar-refractivity contribution in [2.45, 2.75) is 0 Å². The molecule has 0 aliphatic carbocycles. The van der Waals surface area contributed by atoms with Crippen LogP contribution in [0.3, 0.4) is 0 Å². The Labute approximate surface area is 104 Å². The van der Waals surface area contributed by atoms with E-state index in [1.165, 1.54) is 0 Å². The van der Waals surface area contributed by atoms with E-state index >= 15 is 0 Å². The van der Waals surface area contributed by atoms with Crippen LogP contribution in [0, 0.1) is 43.8 Å². The van der Waals surface area contributed by atoms with E-state index in [1.807, 2.05) is 43.3 Å². The van der Waals surface area contributed by atoms with E-state index in [2.05, 4.69) is 6.07 Å². The van der Waals surface area contributed by atoms with Crippen molar-refractivity contribution < 1.29 is 42.8 Å². The van der Waals surface area contributed by atoms with Gasteiger partial charge in [0.2, 0.25) is 0 Å². The second kappa shape index (κ2) is 9.33. The molecule has 0 saturated heterocycles. The molecule has 0 spiro atoms. The summed E-state index contributed by atoms with van der Waals surface area (Å²) in [5.74, 6) is 0. The van der Waals surface area contributed by atoms with Gasteiger partial charge in [0.15, 0.2) is 0 Å². The molecule has 0 heterocycles. The van der Waals surface area contributed by atoms with Gasteiger partial charge in [-0.25, -0.2) is 0 Å². The van der Waals surface area contributed by atoms with E-state index in [0.717, 1.165) is 12.8 Å². The molecule has 1 rings (SSSR count). The van der Waals surface area contributed by atoms with Crippen LogP contribution in [0.1, 0.15) is 0 Å². The molecule has 2 nitrogen and oxygen atoms in total. The monoisotopic (exact) mass is 317 g/mol. The van der Waals surface area contributed by atoms with Crippen molar-refractivity contribution in [1.82, 2.24) is 0 Å². The molecule has 0 aliphatic rings. The van der Waals surface area contributed by atoms with Crippen molar-refractivity contribution in [3.05, 3.63) is 30.3 Å². The first-order valence-electron chi connectivity index (χ1n) is 3.39. The molecule has 0 unspecified atom stereocenters. The summed E-state index contributed by atoms with van der Waals surface area (Å²) in [7, 11) is 5.01. The molecule has 12 heavy (non-hydrogen) atoms. The molecule has 73 valence electrons. The second-order valence-corrected chi connectivity index (χ2v) is 2.14. The first kappa shape index (κ1) is 14.7. The fraction of sp³-hybridized carbons (Fsp3) is 0.333. The van der Waals surface area contributed by atoms with Gasteiger partial charge in [0.25, 0.3) is 0 Å². The van der Waals surface area contributed by atoms with E-state index in [0.29, 0.717) is 0 Å². The summed E-state index contributed by atoms with van der Waals surface area (Å²) >= 11 is 0. The Morgan fingerprint density at radius 3 is 2.08 bits per heavy atom. The minimum absolute atomic E-state index is 0. The van der Waals surface area contributed by atoms with E-state index in [-0.39, 0.29) is 37.7 Å². The minimum Gasteiger partial charge on any atom is -0.400 e. The number of aliphatic hydroxyl groups is 1. The number of rotatable bonds is 1. The molecule has 1 aromatic carbocycles. The Bertz CT molecular complexity index is 177. The number of nitrogens with zero attached hydrogens (tertiary/aromatic N) is 1. The van der Waals surface area contributed by atoms with Gasteiger partial charge < -0.3 is 10.0 Å². The van der Waals surface area contributed by atoms with Gasteiger partial charge in [-0.05, 0) is 0 Å². The summed E-state index contributed by atoms with van der Waals surface area (Å²) in [5.41, 5.74) is 1.12. The Morgan fingerprint density at radius 2 is 1.83 bits per heavy atom. The average molecular weight is 317 g/mol. The summed E-state index contributed by atoms with van der Waals surface area (Å²) < 4.78 is 0. The van der Waals surface area contributed by atoms with Crippen LogP contribution in [-0.2, 0) is 0 Å². The van der Waals surface area contributed by atoms with Gasteiger partial charge in [-0.3, -0.25) is 0 Å². The molecule has 1 aromatic rings. The SMILES string of the molecule is CN(C)c1[c-]cccc1.CO.[Ho]. The molecule has 0 amide bonds. The van der Waals surface area contributed by atoms with Gasteiger partial charge in [-0.1, -0.05) is 5.69 Å². The summed E-state index contributed by atoms with van der Waals surface area (Å²) in [5, 5.41) is 7.00. The van der Waals surface area contributed by atoms with Gasteiger partial charge in [0.05, 0.1) is 0 Å². The minimum atomic E-state index is 0. The van der Waals surface area contributed by atoms with Crippen molar-refractivity contribution in [2.24, 2.45) is 0 Å². The van der Waals surface area contributed by atoms with Crippen LogP contribution in [0.15, 0.2) is 24.3 Å². The van der Waals surface area contributed by atoms with Crippen molar-refractivity contribution in [3.63, 3.8) is 0 Å². The van der Waals surface area contributed by atoms with Crippen LogP contribution < -0.4 is 4.90 Å².